The van der Waals surface area contributed by atoms with Crippen LogP contribution in [0.1, 0.15) is 37.3 Å². The molecule has 0 saturated carbocycles. The average molecular weight is 458 g/mol. The minimum Gasteiger partial charge on any atom is -0.462 e. The fourth-order valence-electron chi connectivity index (χ4n) is 3.83. The van der Waals surface area contributed by atoms with Crippen molar-refractivity contribution < 1.29 is 28.0 Å². The van der Waals surface area contributed by atoms with Crippen LogP contribution in [0, 0.1) is 10.1 Å². The monoisotopic (exact) mass is 458 g/mol. The van der Waals surface area contributed by atoms with Crippen molar-refractivity contribution in [1.29, 1.82) is 0 Å². The van der Waals surface area contributed by atoms with Crippen molar-refractivity contribution in [3.8, 4) is 5.75 Å². The third-order valence-electron chi connectivity index (χ3n) is 5.27. The Balaban J connectivity index is 1.81. The number of nitro groups is 1. The minimum absolute atomic E-state index is 0.0863. The van der Waals surface area contributed by atoms with Gasteiger partial charge in [0.05, 0.1) is 22.8 Å². The lowest BCUT2D eigenvalue weighted by molar-refractivity contribution is -0.431. The summed E-state index contributed by atoms with van der Waals surface area (Å²) in [6.07, 6.45) is 1.31. The van der Waals surface area contributed by atoms with E-state index >= 15 is 0 Å². The predicted molar refractivity (Wildman–Crippen MR) is 117 cm³/mol. The molecule has 0 bridgehead atoms. The van der Waals surface area contributed by atoms with Gasteiger partial charge >= 0.3 is 12.6 Å². The summed E-state index contributed by atoms with van der Waals surface area (Å²) in [7, 11) is 0. The van der Waals surface area contributed by atoms with Gasteiger partial charge in [-0.15, -0.1) is 0 Å². The molecule has 0 fully saturated rings. The number of rotatable bonds is 9. The number of carbonyl (C=O) groups is 1. The number of alkyl halides is 2. The van der Waals surface area contributed by atoms with Crippen LogP contribution in [0.15, 0.2) is 77.3 Å². The molecular formula is C24H24F2N2O5. The number of carbonyl (C=O) groups excluding carboxylic acids is 1. The van der Waals surface area contributed by atoms with Crippen LogP contribution in [0.25, 0.3) is 0 Å². The number of benzene rings is 2. The van der Waals surface area contributed by atoms with Gasteiger partial charge in [-0.3, -0.25) is 10.1 Å². The number of hydrogen-bond acceptors (Lipinski definition) is 6. The fourth-order valence-corrected chi connectivity index (χ4v) is 3.83. The van der Waals surface area contributed by atoms with Gasteiger partial charge in [0.2, 0.25) is 0 Å². The van der Waals surface area contributed by atoms with Crippen LogP contribution < -0.4 is 10.1 Å². The Labute approximate surface area is 189 Å². The SMILES string of the molecule is CC1=C(C(=O)OCCCc2ccccc2)C(c2ccc(OC(F)F)cc2)C([N+](=O)[O-])=C(C)N1. The first-order valence-corrected chi connectivity index (χ1v) is 10.4. The van der Waals surface area contributed by atoms with Crippen LogP contribution in [-0.4, -0.2) is 24.1 Å². The van der Waals surface area contributed by atoms with Crippen molar-refractivity contribution in [1.82, 2.24) is 5.32 Å². The molecule has 0 amide bonds. The Kier molecular flexibility index (Phi) is 7.76. The summed E-state index contributed by atoms with van der Waals surface area (Å²) in [4.78, 5) is 24.3. The first kappa shape index (κ1) is 23.9. The van der Waals surface area contributed by atoms with E-state index in [1.54, 1.807) is 13.8 Å². The zero-order valence-electron chi connectivity index (χ0n) is 18.2. The number of nitrogens with one attached hydrogen (secondary N) is 1. The molecule has 1 unspecified atom stereocenters. The molecule has 33 heavy (non-hydrogen) atoms. The minimum atomic E-state index is -2.99. The molecule has 0 saturated heterocycles. The first-order valence-electron chi connectivity index (χ1n) is 10.4. The van der Waals surface area contributed by atoms with E-state index < -0.39 is 23.4 Å². The standard InChI is InChI=1S/C24H24F2N2O5/c1-15-20(23(29)32-14-6-9-17-7-4-3-5-8-17)21(22(28(30)31)16(2)27-15)18-10-12-19(13-11-18)33-24(25)26/h3-5,7-8,10-13,21,24,27H,6,9,14H2,1-2H3. The Morgan fingerprint density at radius 3 is 2.36 bits per heavy atom. The number of esters is 1. The van der Waals surface area contributed by atoms with Crippen molar-refractivity contribution in [3.63, 3.8) is 0 Å². The Hall–Kier alpha value is -3.75. The Morgan fingerprint density at radius 1 is 1.09 bits per heavy atom. The molecule has 174 valence electrons. The zero-order valence-corrected chi connectivity index (χ0v) is 18.2. The van der Waals surface area contributed by atoms with Gasteiger partial charge < -0.3 is 14.8 Å². The van der Waals surface area contributed by atoms with Crippen molar-refractivity contribution in [2.45, 2.75) is 39.2 Å². The van der Waals surface area contributed by atoms with Gasteiger partial charge in [0.15, 0.2) is 0 Å². The number of halogens is 2. The summed E-state index contributed by atoms with van der Waals surface area (Å²) in [6.45, 7) is 0.344. The Bertz CT molecular complexity index is 1070. The largest absolute Gasteiger partial charge is 0.462 e. The molecular weight excluding hydrogens is 434 g/mol. The predicted octanol–water partition coefficient (Wildman–Crippen LogP) is 4.93. The van der Waals surface area contributed by atoms with Crippen LogP contribution in [0.3, 0.4) is 0 Å². The number of ether oxygens (including phenoxy) is 2. The van der Waals surface area contributed by atoms with Crippen LogP contribution in [-0.2, 0) is 16.0 Å². The summed E-state index contributed by atoms with van der Waals surface area (Å²) < 4.78 is 34.8. The van der Waals surface area contributed by atoms with Crippen LogP contribution >= 0.6 is 0 Å². The molecule has 0 spiro atoms. The fraction of sp³-hybridized carbons (Fsp3) is 0.292. The number of aryl methyl sites for hydroxylation is 1. The molecule has 0 aliphatic carbocycles. The van der Waals surface area contributed by atoms with Gasteiger partial charge in [0.25, 0.3) is 5.70 Å². The molecule has 9 heteroatoms. The molecule has 1 aliphatic rings. The summed E-state index contributed by atoms with van der Waals surface area (Å²) in [5, 5.41) is 14.8. The molecule has 2 aromatic rings. The van der Waals surface area contributed by atoms with E-state index in [1.165, 1.54) is 24.3 Å². The molecule has 7 nitrogen and oxygen atoms in total. The molecule has 1 N–H and O–H groups in total. The second kappa shape index (κ2) is 10.7. The van der Waals surface area contributed by atoms with E-state index in [0.717, 1.165) is 12.0 Å². The number of nitrogens with zero attached hydrogens (tertiary/aromatic N) is 1. The van der Waals surface area contributed by atoms with Gasteiger partial charge in [-0.2, -0.15) is 8.78 Å². The van der Waals surface area contributed by atoms with Crippen molar-refractivity contribution in [2.24, 2.45) is 0 Å². The second-order valence-electron chi connectivity index (χ2n) is 7.54. The van der Waals surface area contributed by atoms with E-state index in [-0.39, 0.29) is 29.3 Å². The van der Waals surface area contributed by atoms with E-state index in [4.69, 9.17) is 4.74 Å². The molecule has 0 radical (unpaired) electrons. The average Bonchev–Trinajstić information content (AvgIpc) is 2.76. The lowest BCUT2D eigenvalue weighted by Crippen LogP contribution is -2.31. The molecule has 1 heterocycles. The quantitative estimate of drug-likeness (QED) is 0.248. The van der Waals surface area contributed by atoms with Gasteiger partial charge in [-0.25, -0.2) is 4.79 Å². The normalized spacial score (nSPS) is 16.0. The van der Waals surface area contributed by atoms with E-state index in [1.807, 2.05) is 30.3 Å². The third-order valence-corrected chi connectivity index (χ3v) is 5.27. The Morgan fingerprint density at radius 2 is 1.76 bits per heavy atom. The van der Waals surface area contributed by atoms with Crippen LogP contribution in [0.2, 0.25) is 0 Å². The highest BCUT2D eigenvalue weighted by atomic mass is 19.3. The van der Waals surface area contributed by atoms with Crippen LogP contribution in [0.4, 0.5) is 8.78 Å². The van der Waals surface area contributed by atoms with Gasteiger partial charge in [0.1, 0.15) is 11.7 Å². The molecule has 3 rings (SSSR count). The highest BCUT2D eigenvalue weighted by molar-refractivity contribution is 5.92. The van der Waals surface area contributed by atoms with Gasteiger partial charge in [-0.1, -0.05) is 42.5 Å². The topological polar surface area (TPSA) is 90.7 Å². The highest BCUT2D eigenvalue weighted by Crippen LogP contribution is 2.39. The maximum Gasteiger partial charge on any atom is 0.387 e. The maximum absolute atomic E-state index is 13.0. The number of hydrogen-bond donors (Lipinski definition) is 1. The summed E-state index contributed by atoms with van der Waals surface area (Å²) >= 11 is 0. The molecule has 2 aromatic carbocycles. The lowest BCUT2D eigenvalue weighted by atomic mass is 9.84. The van der Waals surface area contributed by atoms with Gasteiger partial charge in [0, 0.05) is 5.70 Å². The smallest absolute Gasteiger partial charge is 0.387 e. The van der Waals surface area contributed by atoms with Crippen molar-refractivity contribution in [3.05, 3.63) is 98.5 Å². The highest BCUT2D eigenvalue weighted by Gasteiger charge is 2.40. The summed E-state index contributed by atoms with van der Waals surface area (Å²) in [6, 6.07) is 15.2. The molecule has 1 atom stereocenters. The van der Waals surface area contributed by atoms with Crippen LogP contribution in [0.5, 0.6) is 5.75 Å². The second-order valence-corrected chi connectivity index (χ2v) is 7.54. The van der Waals surface area contributed by atoms with E-state index in [0.29, 0.717) is 17.7 Å². The van der Waals surface area contributed by atoms with Crippen molar-refractivity contribution >= 4 is 5.97 Å². The van der Waals surface area contributed by atoms with E-state index in [2.05, 4.69) is 10.1 Å². The zero-order chi connectivity index (χ0) is 24.0. The van der Waals surface area contributed by atoms with Crippen molar-refractivity contribution in [2.75, 3.05) is 6.61 Å². The number of dihydropyridines is 1. The maximum atomic E-state index is 13.0. The van der Waals surface area contributed by atoms with E-state index in [9.17, 15) is 23.7 Å². The molecule has 1 aliphatic heterocycles. The first-order chi connectivity index (χ1) is 15.8. The summed E-state index contributed by atoms with van der Waals surface area (Å²) in [5.41, 5.74) is 2.12. The number of allylic oxidation sites excluding steroid dienone is 3. The molecule has 0 aromatic heterocycles. The third kappa shape index (κ3) is 5.94. The van der Waals surface area contributed by atoms with Gasteiger partial charge in [-0.05, 0) is 49.9 Å². The summed E-state index contributed by atoms with van der Waals surface area (Å²) in [5.74, 6) is -1.78. The lowest BCUT2D eigenvalue weighted by Gasteiger charge is -2.26.